The first-order valence-corrected chi connectivity index (χ1v) is 9.31. The lowest BCUT2D eigenvalue weighted by atomic mass is 9.93. The van der Waals surface area contributed by atoms with Crippen molar-refractivity contribution in [1.82, 2.24) is 20.5 Å². The van der Waals surface area contributed by atoms with E-state index in [2.05, 4.69) is 41.8 Å². The topological polar surface area (TPSA) is 70.4 Å². The number of urea groups is 1. The van der Waals surface area contributed by atoms with Crippen LogP contribution in [-0.4, -0.2) is 43.1 Å². The molecule has 0 bridgehead atoms. The third-order valence-corrected chi connectivity index (χ3v) is 4.80. The molecule has 1 atom stereocenters. The smallest absolute Gasteiger partial charge is 0.314 e. The summed E-state index contributed by atoms with van der Waals surface area (Å²) in [5.41, 5.74) is 1.16. The minimum absolute atomic E-state index is 0.00839. The van der Waals surface area contributed by atoms with Crippen molar-refractivity contribution in [2.45, 2.75) is 38.6 Å². The van der Waals surface area contributed by atoms with Gasteiger partial charge in [0.05, 0.1) is 23.0 Å². The van der Waals surface area contributed by atoms with Crippen molar-refractivity contribution in [2.75, 3.05) is 27.2 Å². The van der Waals surface area contributed by atoms with Crippen molar-refractivity contribution in [3.05, 3.63) is 40.2 Å². The van der Waals surface area contributed by atoms with Gasteiger partial charge in [0.25, 0.3) is 0 Å². The summed E-state index contributed by atoms with van der Waals surface area (Å²) in [5, 5.41) is 8.93. The number of rotatable bonds is 7. The number of thiazole rings is 1. The lowest BCUT2D eigenvalue weighted by Crippen LogP contribution is -2.41. The molecule has 0 spiro atoms. The van der Waals surface area contributed by atoms with Gasteiger partial charge in [-0.25, -0.2) is 9.78 Å². The molecule has 0 aliphatic carbocycles. The number of carbonyl (C=O) groups is 1. The van der Waals surface area contributed by atoms with E-state index in [4.69, 9.17) is 4.42 Å². The zero-order valence-corrected chi connectivity index (χ0v) is 16.4. The van der Waals surface area contributed by atoms with E-state index in [9.17, 15) is 4.79 Å². The van der Waals surface area contributed by atoms with Crippen LogP contribution in [0, 0.1) is 0 Å². The van der Waals surface area contributed by atoms with Crippen LogP contribution in [0.15, 0.2) is 28.2 Å². The van der Waals surface area contributed by atoms with Gasteiger partial charge in [-0.2, -0.15) is 0 Å². The fourth-order valence-corrected chi connectivity index (χ4v) is 3.35. The number of amides is 2. The highest BCUT2D eigenvalue weighted by atomic mass is 32.1. The van der Waals surface area contributed by atoms with Gasteiger partial charge in [0.2, 0.25) is 0 Å². The highest BCUT2D eigenvalue weighted by molar-refractivity contribution is 7.09. The maximum Gasteiger partial charge on any atom is 0.314 e. The number of hydrogen-bond acceptors (Lipinski definition) is 5. The molecule has 138 valence electrons. The standard InChI is InChI=1S/C18H28N4O2S/c1-18(2,3)15-12-25-16(21-15)8-9-19-17(23)20-11-13(22(4)5)14-7-6-10-24-14/h6-7,10,12-13H,8-9,11H2,1-5H3,(H2,19,20,23). The van der Waals surface area contributed by atoms with Crippen molar-refractivity contribution >= 4 is 17.4 Å². The quantitative estimate of drug-likeness (QED) is 0.792. The van der Waals surface area contributed by atoms with Crippen LogP contribution in [0.4, 0.5) is 4.79 Å². The van der Waals surface area contributed by atoms with E-state index in [1.807, 2.05) is 31.1 Å². The van der Waals surface area contributed by atoms with Crippen LogP contribution in [0.5, 0.6) is 0 Å². The van der Waals surface area contributed by atoms with Gasteiger partial charge in [-0.3, -0.25) is 4.90 Å². The molecule has 0 aromatic carbocycles. The Morgan fingerprint density at radius 1 is 1.36 bits per heavy atom. The van der Waals surface area contributed by atoms with E-state index < -0.39 is 0 Å². The average molecular weight is 365 g/mol. The lowest BCUT2D eigenvalue weighted by Gasteiger charge is -2.22. The highest BCUT2D eigenvalue weighted by Crippen LogP contribution is 2.23. The predicted octanol–water partition coefficient (Wildman–Crippen LogP) is 3.18. The Balaban J connectivity index is 1.74. The number of hydrogen-bond donors (Lipinski definition) is 2. The fraction of sp³-hybridized carbons (Fsp3) is 0.556. The molecule has 0 saturated heterocycles. The fourth-order valence-electron chi connectivity index (χ4n) is 2.32. The molecule has 2 N–H and O–H groups in total. The Bertz CT molecular complexity index is 659. The minimum atomic E-state index is -0.175. The van der Waals surface area contributed by atoms with Crippen LogP contribution in [0.1, 0.15) is 43.3 Å². The zero-order valence-electron chi connectivity index (χ0n) is 15.6. The van der Waals surface area contributed by atoms with E-state index in [1.165, 1.54) is 0 Å². The number of nitrogens with zero attached hydrogens (tertiary/aromatic N) is 2. The average Bonchev–Trinajstić information content (AvgIpc) is 3.18. The summed E-state index contributed by atoms with van der Waals surface area (Å²) in [4.78, 5) is 18.7. The third kappa shape index (κ3) is 5.86. The Morgan fingerprint density at radius 2 is 2.12 bits per heavy atom. The second kappa shape index (κ2) is 8.49. The monoisotopic (exact) mass is 364 g/mol. The molecule has 0 radical (unpaired) electrons. The number of furan rings is 1. The summed E-state index contributed by atoms with van der Waals surface area (Å²) >= 11 is 1.65. The first kappa shape index (κ1) is 19.5. The van der Waals surface area contributed by atoms with E-state index in [-0.39, 0.29) is 17.5 Å². The van der Waals surface area contributed by atoms with Crippen LogP contribution >= 0.6 is 11.3 Å². The number of nitrogens with one attached hydrogen (secondary N) is 2. The maximum absolute atomic E-state index is 12.0. The van der Waals surface area contributed by atoms with Gasteiger partial charge in [0.15, 0.2) is 0 Å². The van der Waals surface area contributed by atoms with Crippen molar-refractivity contribution in [3.63, 3.8) is 0 Å². The molecule has 2 aromatic heterocycles. The molecular formula is C18H28N4O2S. The Labute approximate surface area is 153 Å². The first-order chi connectivity index (χ1) is 11.8. The third-order valence-electron chi connectivity index (χ3n) is 3.90. The highest BCUT2D eigenvalue weighted by Gasteiger charge is 2.18. The summed E-state index contributed by atoms with van der Waals surface area (Å²) in [6.07, 6.45) is 2.38. The number of aromatic nitrogens is 1. The van der Waals surface area contributed by atoms with Crippen LogP contribution in [0.25, 0.3) is 0 Å². The van der Waals surface area contributed by atoms with Crippen molar-refractivity contribution in [1.29, 1.82) is 0 Å². The van der Waals surface area contributed by atoms with Gasteiger partial charge in [-0.05, 0) is 26.2 Å². The number of likely N-dealkylation sites (N-methyl/N-ethyl adjacent to an activating group) is 1. The molecule has 2 aromatic rings. The summed E-state index contributed by atoms with van der Waals surface area (Å²) in [5.74, 6) is 0.836. The van der Waals surface area contributed by atoms with Crippen molar-refractivity contribution in [3.8, 4) is 0 Å². The van der Waals surface area contributed by atoms with Crippen molar-refractivity contribution < 1.29 is 9.21 Å². The van der Waals surface area contributed by atoms with E-state index in [1.54, 1.807) is 17.6 Å². The zero-order chi connectivity index (χ0) is 18.4. The molecule has 7 heteroatoms. The first-order valence-electron chi connectivity index (χ1n) is 8.44. The molecule has 25 heavy (non-hydrogen) atoms. The molecule has 0 fully saturated rings. The summed E-state index contributed by atoms with van der Waals surface area (Å²) in [6, 6.07) is 3.60. The van der Waals surface area contributed by atoms with Crippen LogP contribution < -0.4 is 10.6 Å². The minimum Gasteiger partial charge on any atom is -0.468 e. The summed E-state index contributed by atoms with van der Waals surface area (Å²) in [6.45, 7) is 7.50. The molecule has 2 heterocycles. The van der Waals surface area contributed by atoms with Gasteiger partial charge in [-0.1, -0.05) is 20.8 Å². The Kier molecular flexibility index (Phi) is 6.61. The van der Waals surface area contributed by atoms with Gasteiger partial charge < -0.3 is 15.1 Å². The molecule has 6 nitrogen and oxygen atoms in total. The van der Waals surface area contributed by atoms with Crippen molar-refractivity contribution in [2.24, 2.45) is 0 Å². The van der Waals surface area contributed by atoms with Crippen LogP contribution in [-0.2, 0) is 11.8 Å². The molecule has 2 rings (SSSR count). The van der Waals surface area contributed by atoms with E-state index >= 15 is 0 Å². The molecule has 1 unspecified atom stereocenters. The Hall–Kier alpha value is -1.86. The van der Waals surface area contributed by atoms with Crippen LogP contribution in [0.2, 0.25) is 0 Å². The lowest BCUT2D eigenvalue weighted by molar-refractivity contribution is 0.225. The predicted molar refractivity (Wildman–Crippen MR) is 101 cm³/mol. The van der Waals surface area contributed by atoms with Gasteiger partial charge >= 0.3 is 6.03 Å². The molecule has 2 amide bonds. The molecule has 0 saturated carbocycles. The SMILES string of the molecule is CN(C)C(CNC(=O)NCCc1nc(C(C)(C)C)cs1)c1ccco1. The second-order valence-electron chi connectivity index (χ2n) is 7.26. The van der Waals surface area contributed by atoms with E-state index in [0.717, 1.165) is 22.9 Å². The summed E-state index contributed by atoms with van der Waals surface area (Å²) in [7, 11) is 3.92. The van der Waals surface area contributed by atoms with Gasteiger partial charge in [0.1, 0.15) is 5.76 Å². The maximum atomic E-state index is 12.0. The summed E-state index contributed by atoms with van der Waals surface area (Å²) < 4.78 is 5.44. The van der Waals surface area contributed by atoms with Gasteiger partial charge in [0, 0.05) is 30.3 Å². The largest absolute Gasteiger partial charge is 0.468 e. The molecular weight excluding hydrogens is 336 g/mol. The van der Waals surface area contributed by atoms with Crippen LogP contribution in [0.3, 0.4) is 0 Å². The second-order valence-corrected chi connectivity index (χ2v) is 8.20. The normalized spacial score (nSPS) is 13.0. The Morgan fingerprint density at radius 3 is 2.68 bits per heavy atom. The molecule has 0 aliphatic heterocycles. The number of carbonyl (C=O) groups excluding carboxylic acids is 1. The van der Waals surface area contributed by atoms with Gasteiger partial charge in [-0.15, -0.1) is 11.3 Å². The molecule has 0 aliphatic rings. The van der Waals surface area contributed by atoms with E-state index in [0.29, 0.717) is 13.1 Å².